The molecule has 6 nitrogen and oxygen atoms in total. The quantitative estimate of drug-likeness (QED) is 0.417. The fourth-order valence-corrected chi connectivity index (χ4v) is 3.66. The van der Waals surface area contributed by atoms with Gasteiger partial charge in [-0.25, -0.2) is 0 Å². The van der Waals surface area contributed by atoms with Crippen molar-refractivity contribution in [3.8, 4) is 22.8 Å². The fourth-order valence-electron chi connectivity index (χ4n) is 3.38. The van der Waals surface area contributed by atoms with Gasteiger partial charge in [0.1, 0.15) is 5.69 Å². The summed E-state index contributed by atoms with van der Waals surface area (Å²) in [5.41, 5.74) is 4.18. The van der Waals surface area contributed by atoms with Crippen molar-refractivity contribution in [2.24, 2.45) is 0 Å². The van der Waals surface area contributed by atoms with Gasteiger partial charge in [-0.1, -0.05) is 43.8 Å². The van der Waals surface area contributed by atoms with Gasteiger partial charge in [-0.3, -0.25) is 4.68 Å². The molecule has 0 saturated heterocycles. The van der Waals surface area contributed by atoms with Crippen LogP contribution in [0.15, 0.2) is 46.2 Å². The molecule has 27 heavy (non-hydrogen) atoms. The van der Waals surface area contributed by atoms with E-state index in [1.807, 2.05) is 10.9 Å². The van der Waals surface area contributed by atoms with Gasteiger partial charge in [0.25, 0.3) is 11.1 Å². The summed E-state index contributed by atoms with van der Waals surface area (Å²) >= 11 is 1.44. The number of rotatable bonds is 7. The van der Waals surface area contributed by atoms with Crippen LogP contribution in [0.3, 0.4) is 0 Å². The number of nitrogens with zero attached hydrogens (tertiary/aromatic N) is 5. The molecule has 0 N–H and O–H groups in total. The summed E-state index contributed by atoms with van der Waals surface area (Å²) in [7, 11) is 0. The lowest BCUT2D eigenvalue weighted by molar-refractivity contribution is 0.459. The van der Waals surface area contributed by atoms with Gasteiger partial charge in [-0.2, -0.15) is 5.10 Å². The molecule has 7 heteroatoms. The second kappa shape index (κ2) is 7.60. The topological polar surface area (TPSA) is 61.7 Å². The number of hydrogen-bond acceptors (Lipinski definition) is 5. The number of hydrogen-bond donors (Lipinski definition) is 0. The molecular formula is C20H23N5OS. The third kappa shape index (κ3) is 3.27. The minimum absolute atomic E-state index is 0.517. The molecule has 1 aromatic carbocycles. The predicted octanol–water partition coefficient (Wildman–Crippen LogP) is 5.10. The van der Waals surface area contributed by atoms with Gasteiger partial charge in [0, 0.05) is 35.8 Å². The van der Waals surface area contributed by atoms with Gasteiger partial charge >= 0.3 is 0 Å². The molecule has 0 aliphatic carbocycles. The van der Waals surface area contributed by atoms with Crippen molar-refractivity contribution in [3.05, 3.63) is 36.5 Å². The smallest absolute Gasteiger partial charge is 0.276 e. The Bertz CT molecular complexity index is 1060. The first-order chi connectivity index (χ1) is 13.2. The van der Waals surface area contributed by atoms with Crippen LogP contribution in [0.25, 0.3) is 33.7 Å². The number of aromatic nitrogens is 5. The molecule has 0 amide bonds. The van der Waals surface area contributed by atoms with E-state index in [-0.39, 0.29) is 0 Å². The molecule has 0 saturated carbocycles. The van der Waals surface area contributed by atoms with Crippen LogP contribution in [-0.2, 0) is 13.1 Å². The van der Waals surface area contributed by atoms with Crippen LogP contribution >= 0.6 is 11.8 Å². The first-order valence-electron chi connectivity index (χ1n) is 9.29. The minimum Gasteiger partial charge on any atom is -0.410 e. The maximum Gasteiger partial charge on any atom is 0.276 e. The number of fused-ring (bicyclic) bond motifs is 1. The SMILES string of the molecule is CCCn1nc(-c2cn(CCC)c3ccccc23)cc1-c1nnc(SC)o1. The molecule has 140 valence electrons. The Morgan fingerprint density at radius 3 is 2.63 bits per heavy atom. The van der Waals surface area contributed by atoms with E-state index in [4.69, 9.17) is 9.52 Å². The second-order valence-electron chi connectivity index (χ2n) is 6.47. The van der Waals surface area contributed by atoms with Gasteiger partial charge in [-0.15, -0.1) is 10.2 Å². The highest BCUT2D eigenvalue weighted by Crippen LogP contribution is 2.33. The van der Waals surface area contributed by atoms with E-state index in [1.54, 1.807) is 0 Å². The van der Waals surface area contributed by atoms with Crippen molar-refractivity contribution in [1.29, 1.82) is 0 Å². The van der Waals surface area contributed by atoms with Crippen LogP contribution < -0.4 is 0 Å². The summed E-state index contributed by atoms with van der Waals surface area (Å²) in [6.07, 6.45) is 6.20. The second-order valence-corrected chi connectivity index (χ2v) is 7.23. The molecular weight excluding hydrogens is 358 g/mol. The number of aryl methyl sites for hydroxylation is 2. The molecule has 0 spiro atoms. The molecule has 0 radical (unpaired) electrons. The Morgan fingerprint density at radius 2 is 1.89 bits per heavy atom. The minimum atomic E-state index is 0.517. The summed E-state index contributed by atoms with van der Waals surface area (Å²) in [6, 6.07) is 10.6. The van der Waals surface area contributed by atoms with Gasteiger partial charge < -0.3 is 8.98 Å². The summed E-state index contributed by atoms with van der Waals surface area (Å²) in [5.74, 6) is 0.517. The number of thioether (sulfide) groups is 1. The van der Waals surface area contributed by atoms with Crippen LogP contribution in [0.2, 0.25) is 0 Å². The van der Waals surface area contributed by atoms with Crippen LogP contribution in [0, 0.1) is 0 Å². The number of benzene rings is 1. The first-order valence-corrected chi connectivity index (χ1v) is 10.5. The van der Waals surface area contributed by atoms with E-state index >= 15 is 0 Å². The van der Waals surface area contributed by atoms with Crippen LogP contribution in [-0.4, -0.2) is 30.8 Å². The van der Waals surface area contributed by atoms with E-state index in [1.165, 1.54) is 22.7 Å². The molecule has 4 rings (SSSR count). The van der Waals surface area contributed by atoms with Crippen LogP contribution in [0.4, 0.5) is 0 Å². The van der Waals surface area contributed by atoms with Crippen molar-refractivity contribution >= 4 is 22.7 Å². The van der Waals surface area contributed by atoms with Gasteiger partial charge in [0.05, 0.1) is 5.69 Å². The molecule has 3 heterocycles. The fraction of sp³-hybridized carbons (Fsp3) is 0.350. The molecule has 0 atom stereocenters. The Kier molecular flexibility index (Phi) is 5.03. The Balaban J connectivity index is 1.85. The molecule has 0 bridgehead atoms. The maximum atomic E-state index is 5.76. The Labute approximate surface area is 162 Å². The monoisotopic (exact) mass is 381 g/mol. The molecule has 0 aliphatic rings. The molecule has 0 fully saturated rings. The highest BCUT2D eigenvalue weighted by Gasteiger charge is 2.19. The lowest BCUT2D eigenvalue weighted by Crippen LogP contribution is -2.01. The van der Waals surface area contributed by atoms with Crippen molar-refractivity contribution in [2.45, 2.75) is 45.0 Å². The average molecular weight is 382 g/mol. The van der Waals surface area contributed by atoms with Crippen molar-refractivity contribution in [1.82, 2.24) is 24.5 Å². The van der Waals surface area contributed by atoms with Gasteiger partial charge in [-0.05, 0) is 31.2 Å². The Morgan fingerprint density at radius 1 is 1.07 bits per heavy atom. The van der Waals surface area contributed by atoms with E-state index < -0.39 is 0 Å². The third-order valence-electron chi connectivity index (χ3n) is 4.54. The normalized spacial score (nSPS) is 11.5. The molecule has 0 unspecified atom stereocenters. The molecule has 4 aromatic rings. The van der Waals surface area contributed by atoms with Crippen molar-refractivity contribution in [3.63, 3.8) is 0 Å². The largest absolute Gasteiger partial charge is 0.410 e. The van der Waals surface area contributed by atoms with Gasteiger partial charge in [0.2, 0.25) is 0 Å². The Hall–Kier alpha value is -2.54. The van der Waals surface area contributed by atoms with Crippen LogP contribution in [0.1, 0.15) is 26.7 Å². The lowest BCUT2D eigenvalue weighted by Gasteiger charge is -2.01. The van der Waals surface area contributed by atoms with E-state index in [9.17, 15) is 0 Å². The standard InChI is InChI=1S/C20H23N5OS/c1-4-10-24-13-15(14-8-6-7-9-17(14)24)16-12-18(25(23-16)11-5-2)19-21-22-20(26-19)27-3/h6-9,12-13H,4-5,10-11H2,1-3H3. The van der Waals surface area contributed by atoms with Gasteiger partial charge in [0.15, 0.2) is 0 Å². The zero-order chi connectivity index (χ0) is 18.8. The number of para-hydroxylation sites is 1. The molecule has 0 aliphatic heterocycles. The predicted molar refractivity (Wildman–Crippen MR) is 109 cm³/mol. The zero-order valence-corrected chi connectivity index (χ0v) is 16.7. The maximum absolute atomic E-state index is 5.76. The van der Waals surface area contributed by atoms with E-state index in [2.05, 4.69) is 65.1 Å². The summed E-state index contributed by atoms with van der Waals surface area (Å²) in [6.45, 7) is 6.13. The van der Waals surface area contributed by atoms with E-state index in [0.29, 0.717) is 11.1 Å². The molecule has 3 aromatic heterocycles. The summed E-state index contributed by atoms with van der Waals surface area (Å²) in [5, 5.41) is 14.9. The summed E-state index contributed by atoms with van der Waals surface area (Å²) < 4.78 is 10.0. The van der Waals surface area contributed by atoms with Crippen molar-refractivity contribution < 1.29 is 4.42 Å². The summed E-state index contributed by atoms with van der Waals surface area (Å²) in [4.78, 5) is 0. The third-order valence-corrected chi connectivity index (χ3v) is 5.06. The van der Waals surface area contributed by atoms with Crippen LogP contribution in [0.5, 0.6) is 0 Å². The highest BCUT2D eigenvalue weighted by molar-refractivity contribution is 7.98. The highest BCUT2D eigenvalue weighted by atomic mass is 32.2. The van der Waals surface area contributed by atoms with Crippen molar-refractivity contribution in [2.75, 3.05) is 6.26 Å². The zero-order valence-electron chi connectivity index (χ0n) is 15.8. The first kappa shape index (κ1) is 17.9. The van der Waals surface area contributed by atoms with E-state index in [0.717, 1.165) is 42.9 Å². The lowest BCUT2D eigenvalue weighted by atomic mass is 10.1. The average Bonchev–Trinajstić information content (AvgIpc) is 3.39.